The molecule has 15 heavy (non-hydrogen) atoms. The zero-order chi connectivity index (χ0) is 11.9. The minimum absolute atomic E-state index is 0.241. The molecule has 0 aromatic heterocycles. The van der Waals surface area contributed by atoms with Gasteiger partial charge in [-0.25, -0.2) is 0 Å². The van der Waals surface area contributed by atoms with Gasteiger partial charge in [0.25, 0.3) is 0 Å². The van der Waals surface area contributed by atoms with Gasteiger partial charge in [0.1, 0.15) is 0 Å². The van der Waals surface area contributed by atoms with Crippen molar-refractivity contribution in [2.75, 3.05) is 7.11 Å². The van der Waals surface area contributed by atoms with E-state index < -0.39 is 11.4 Å². The lowest BCUT2D eigenvalue weighted by Crippen LogP contribution is -2.36. The highest BCUT2D eigenvalue weighted by Gasteiger charge is 2.43. The molecule has 0 aliphatic carbocycles. The van der Waals surface area contributed by atoms with Crippen LogP contribution in [0.4, 0.5) is 0 Å². The minimum Gasteiger partial charge on any atom is -0.468 e. The molecule has 0 bridgehead atoms. The number of carbonyl (C=O) groups excluding carboxylic acids is 1. The first-order valence-electron chi connectivity index (χ1n) is 4.82. The highest BCUT2D eigenvalue weighted by Crippen LogP contribution is 2.34. The Balaban J connectivity index is 5.11. The molecule has 0 aromatic carbocycles. The van der Waals surface area contributed by atoms with Gasteiger partial charge in [0.15, 0.2) is 5.41 Å². The predicted octanol–water partition coefficient (Wildman–Crippen LogP) is 2.46. The van der Waals surface area contributed by atoms with E-state index in [2.05, 4.69) is 24.0 Å². The van der Waals surface area contributed by atoms with Gasteiger partial charge in [-0.15, -0.1) is 13.2 Å². The molecular formula is C12H17NO2. The van der Waals surface area contributed by atoms with Crippen LogP contribution in [0.2, 0.25) is 0 Å². The van der Waals surface area contributed by atoms with Gasteiger partial charge in [0.2, 0.25) is 0 Å². The largest absolute Gasteiger partial charge is 0.468 e. The molecule has 0 N–H and O–H groups in total. The Kier molecular flexibility index (Phi) is 5.40. The van der Waals surface area contributed by atoms with Crippen LogP contribution in [-0.4, -0.2) is 13.1 Å². The maximum atomic E-state index is 11.6. The van der Waals surface area contributed by atoms with Crippen LogP contribution in [0, 0.1) is 22.7 Å². The molecule has 82 valence electrons. The lowest BCUT2D eigenvalue weighted by molar-refractivity contribution is -0.151. The zero-order valence-corrected chi connectivity index (χ0v) is 9.32. The van der Waals surface area contributed by atoms with Crippen molar-refractivity contribution in [1.82, 2.24) is 0 Å². The first-order chi connectivity index (χ1) is 7.08. The number of allylic oxidation sites excluding steroid dienone is 2. The molecule has 0 fully saturated rings. The second-order valence-electron chi connectivity index (χ2n) is 3.43. The summed E-state index contributed by atoms with van der Waals surface area (Å²) >= 11 is 0. The first-order valence-corrected chi connectivity index (χ1v) is 4.82. The van der Waals surface area contributed by atoms with E-state index in [0.29, 0.717) is 12.8 Å². The van der Waals surface area contributed by atoms with Crippen LogP contribution in [0.3, 0.4) is 0 Å². The Morgan fingerprint density at radius 1 is 1.67 bits per heavy atom. The third-order valence-electron chi connectivity index (χ3n) is 2.62. The number of ether oxygens (including phenoxy) is 1. The number of hydrogen-bond acceptors (Lipinski definition) is 3. The van der Waals surface area contributed by atoms with Gasteiger partial charge >= 0.3 is 5.97 Å². The minimum atomic E-state index is -1.13. The van der Waals surface area contributed by atoms with Crippen LogP contribution < -0.4 is 0 Å². The van der Waals surface area contributed by atoms with Gasteiger partial charge in [-0.3, -0.25) is 4.79 Å². The van der Waals surface area contributed by atoms with Crippen LogP contribution >= 0.6 is 0 Å². The normalized spacial score (nSPS) is 15.5. The summed E-state index contributed by atoms with van der Waals surface area (Å²) in [5.74, 6) is -0.742. The van der Waals surface area contributed by atoms with E-state index in [0.717, 1.165) is 0 Å². The Morgan fingerprint density at radius 3 is 2.60 bits per heavy atom. The maximum absolute atomic E-state index is 11.6. The molecule has 0 aromatic rings. The van der Waals surface area contributed by atoms with Gasteiger partial charge < -0.3 is 4.74 Å². The summed E-state index contributed by atoms with van der Waals surface area (Å²) in [6.45, 7) is 8.98. The van der Waals surface area contributed by atoms with Crippen molar-refractivity contribution in [1.29, 1.82) is 5.26 Å². The van der Waals surface area contributed by atoms with E-state index in [1.54, 1.807) is 19.1 Å². The van der Waals surface area contributed by atoms with Gasteiger partial charge in [0, 0.05) is 5.92 Å². The molecule has 0 aliphatic rings. The maximum Gasteiger partial charge on any atom is 0.326 e. The van der Waals surface area contributed by atoms with Crippen LogP contribution in [-0.2, 0) is 9.53 Å². The number of hydrogen-bond donors (Lipinski definition) is 0. The molecule has 1 unspecified atom stereocenters. The van der Waals surface area contributed by atoms with Crippen LogP contribution in [0.5, 0.6) is 0 Å². The van der Waals surface area contributed by atoms with Crippen LogP contribution in [0.15, 0.2) is 25.3 Å². The monoisotopic (exact) mass is 207 g/mol. The molecule has 3 nitrogen and oxygen atoms in total. The molecule has 2 atom stereocenters. The number of rotatable bonds is 6. The van der Waals surface area contributed by atoms with Gasteiger partial charge in [-0.05, 0) is 12.8 Å². The number of nitrogens with zero attached hydrogens (tertiary/aromatic N) is 1. The molecule has 3 heteroatoms. The SMILES string of the molecule is C=CCCC(C#N)(C(=O)OC)[C@@H](C)C=C. The van der Waals surface area contributed by atoms with Crippen LogP contribution in [0.1, 0.15) is 19.8 Å². The molecule has 0 heterocycles. The summed E-state index contributed by atoms with van der Waals surface area (Å²) in [7, 11) is 1.29. The summed E-state index contributed by atoms with van der Waals surface area (Å²) < 4.78 is 4.68. The van der Waals surface area contributed by atoms with E-state index >= 15 is 0 Å². The highest BCUT2D eigenvalue weighted by atomic mass is 16.5. The summed E-state index contributed by atoms with van der Waals surface area (Å²) in [5, 5.41) is 9.17. The van der Waals surface area contributed by atoms with E-state index in [1.807, 2.05) is 0 Å². The predicted molar refractivity (Wildman–Crippen MR) is 58.9 cm³/mol. The third-order valence-corrected chi connectivity index (χ3v) is 2.62. The fourth-order valence-corrected chi connectivity index (χ4v) is 1.43. The van der Waals surface area contributed by atoms with Crippen molar-refractivity contribution >= 4 is 5.97 Å². The molecular weight excluding hydrogens is 190 g/mol. The van der Waals surface area contributed by atoms with Crippen LogP contribution in [0.25, 0.3) is 0 Å². The second-order valence-corrected chi connectivity index (χ2v) is 3.43. The summed E-state index contributed by atoms with van der Waals surface area (Å²) in [5.41, 5.74) is -1.13. The van der Waals surface area contributed by atoms with Gasteiger partial charge in [-0.2, -0.15) is 5.26 Å². The van der Waals surface area contributed by atoms with Crippen molar-refractivity contribution in [3.8, 4) is 6.07 Å². The fourth-order valence-electron chi connectivity index (χ4n) is 1.43. The Labute approximate surface area is 91.0 Å². The van der Waals surface area contributed by atoms with E-state index in [1.165, 1.54) is 7.11 Å². The highest BCUT2D eigenvalue weighted by molar-refractivity contribution is 5.80. The molecule has 0 radical (unpaired) electrons. The van der Waals surface area contributed by atoms with Gasteiger partial charge in [-0.1, -0.05) is 19.1 Å². The molecule has 0 rings (SSSR count). The third kappa shape index (κ3) is 2.69. The Bertz CT molecular complexity index is 290. The lowest BCUT2D eigenvalue weighted by Gasteiger charge is -2.27. The fraction of sp³-hybridized carbons (Fsp3) is 0.500. The standard InChI is InChI=1S/C12H17NO2/c1-5-7-8-12(9-13,10(3)6-2)11(14)15-4/h5-6,10H,1-2,7-8H2,3-4H3/t10-,12?/m0/s1. The first kappa shape index (κ1) is 13.4. The molecule has 0 spiro atoms. The lowest BCUT2D eigenvalue weighted by atomic mass is 9.74. The topological polar surface area (TPSA) is 50.1 Å². The van der Waals surface area contributed by atoms with Crippen molar-refractivity contribution < 1.29 is 9.53 Å². The molecule has 0 aliphatic heterocycles. The number of carbonyl (C=O) groups is 1. The number of esters is 1. The summed E-state index contributed by atoms with van der Waals surface area (Å²) in [6, 6.07) is 2.06. The molecule has 0 amide bonds. The summed E-state index contributed by atoms with van der Waals surface area (Å²) in [4.78, 5) is 11.6. The van der Waals surface area contributed by atoms with Crippen molar-refractivity contribution in [2.24, 2.45) is 11.3 Å². The van der Waals surface area contributed by atoms with E-state index in [9.17, 15) is 10.1 Å². The molecule has 0 saturated carbocycles. The quantitative estimate of drug-likeness (QED) is 0.496. The summed E-state index contributed by atoms with van der Waals surface area (Å²) in [6.07, 6.45) is 4.29. The smallest absolute Gasteiger partial charge is 0.326 e. The second kappa shape index (κ2) is 6.02. The molecule has 0 saturated heterocycles. The average molecular weight is 207 g/mol. The van der Waals surface area contributed by atoms with E-state index in [-0.39, 0.29) is 5.92 Å². The number of methoxy groups -OCH3 is 1. The Hall–Kier alpha value is -1.56. The van der Waals surface area contributed by atoms with Crippen molar-refractivity contribution in [3.63, 3.8) is 0 Å². The van der Waals surface area contributed by atoms with Crippen molar-refractivity contribution in [2.45, 2.75) is 19.8 Å². The van der Waals surface area contributed by atoms with Gasteiger partial charge in [0.05, 0.1) is 13.2 Å². The van der Waals surface area contributed by atoms with E-state index in [4.69, 9.17) is 0 Å². The van der Waals surface area contributed by atoms with Crippen molar-refractivity contribution in [3.05, 3.63) is 25.3 Å². The Morgan fingerprint density at radius 2 is 2.27 bits per heavy atom. The average Bonchev–Trinajstić information content (AvgIpc) is 2.29. The zero-order valence-electron chi connectivity index (χ0n) is 9.32. The number of nitriles is 1.